The van der Waals surface area contributed by atoms with Crippen LogP contribution in [0.4, 0.5) is 17.1 Å². The molecule has 2 aliphatic rings. The fraction of sp³-hybridized carbons (Fsp3) is 0.0909. The van der Waals surface area contributed by atoms with Crippen molar-refractivity contribution in [3.63, 3.8) is 0 Å². The molecule has 0 heterocycles. The zero-order valence-electron chi connectivity index (χ0n) is 31.9. The Morgan fingerprint density at radius 3 is 1.86 bits per heavy atom. The number of nitrogens with zero attached hydrogens (tertiary/aromatic N) is 1. The Labute approximate surface area is 330 Å². The van der Waals surface area contributed by atoms with Crippen LogP contribution in [0.2, 0.25) is 0 Å². The molecule has 1 heteroatoms. The van der Waals surface area contributed by atoms with Gasteiger partial charge in [-0.05, 0) is 121 Å². The summed E-state index contributed by atoms with van der Waals surface area (Å²) in [7, 11) is 0. The zero-order chi connectivity index (χ0) is 37.6. The van der Waals surface area contributed by atoms with Gasteiger partial charge in [0.1, 0.15) is 0 Å². The van der Waals surface area contributed by atoms with E-state index >= 15 is 0 Å². The second kappa shape index (κ2) is 13.9. The highest BCUT2D eigenvalue weighted by Gasteiger charge is 2.37. The van der Waals surface area contributed by atoms with Crippen molar-refractivity contribution in [1.82, 2.24) is 0 Å². The number of fused-ring (bicyclic) bond motifs is 4. The van der Waals surface area contributed by atoms with E-state index in [0.717, 1.165) is 23.5 Å². The SMILES string of the molecule is CC1(C)c2ccccc2-c2c1cc1ccccc1c2-c1ccc(-c2cccc(N(c3ccc(-c4ccccc4)cc3)c3ccc(C4C=CC=CC4)cc3)c2)cc1. The van der Waals surface area contributed by atoms with Crippen molar-refractivity contribution < 1.29 is 0 Å². The maximum Gasteiger partial charge on any atom is 0.0467 e. The smallest absolute Gasteiger partial charge is 0.0467 e. The monoisotopic (exact) mass is 717 g/mol. The molecule has 1 unspecified atom stereocenters. The van der Waals surface area contributed by atoms with Gasteiger partial charge in [-0.1, -0.05) is 178 Å². The van der Waals surface area contributed by atoms with Gasteiger partial charge in [-0.3, -0.25) is 0 Å². The molecule has 0 aromatic heterocycles. The van der Waals surface area contributed by atoms with Gasteiger partial charge in [0, 0.05) is 28.4 Å². The van der Waals surface area contributed by atoms with Crippen molar-refractivity contribution in [2.24, 2.45) is 0 Å². The van der Waals surface area contributed by atoms with Crippen molar-refractivity contribution >= 4 is 27.8 Å². The largest absolute Gasteiger partial charge is 0.310 e. The van der Waals surface area contributed by atoms with Crippen LogP contribution in [0.1, 0.15) is 42.9 Å². The Bertz CT molecular complexity index is 2770. The van der Waals surface area contributed by atoms with Gasteiger partial charge in [0.15, 0.2) is 0 Å². The second-order valence-corrected chi connectivity index (χ2v) is 15.7. The maximum absolute atomic E-state index is 2.42. The lowest BCUT2D eigenvalue weighted by Crippen LogP contribution is -2.14. The standard InChI is InChI=1S/C55H43N/c1-55(2)51-23-12-11-22-50(51)54-52(55)37-45-18-9-10-21-49(45)53(54)43-26-24-42(25-27-43)44-19-13-20-48(36-44)56(46-32-28-40(29-33-46)38-14-5-3-6-15-38)47-34-30-41(31-35-47)39-16-7-4-8-17-39/h3-16,18-37,39H,17H2,1-2H3. The Morgan fingerprint density at radius 2 is 1.09 bits per heavy atom. The van der Waals surface area contributed by atoms with Gasteiger partial charge < -0.3 is 4.90 Å². The zero-order valence-corrected chi connectivity index (χ0v) is 31.9. The van der Waals surface area contributed by atoms with E-state index in [9.17, 15) is 0 Å². The van der Waals surface area contributed by atoms with Crippen LogP contribution < -0.4 is 4.90 Å². The third-order valence-electron chi connectivity index (χ3n) is 12.0. The van der Waals surface area contributed by atoms with Crippen molar-refractivity contribution in [3.8, 4) is 44.5 Å². The fourth-order valence-electron chi connectivity index (χ4n) is 9.04. The molecule has 1 nitrogen and oxygen atoms in total. The molecule has 10 rings (SSSR count). The third kappa shape index (κ3) is 5.88. The van der Waals surface area contributed by atoms with Crippen LogP contribution in [0.3, 0.4) is 0 Å². The average molecular weight is 718 g/mol. The number of hydrogen-bond acceptors (Lipinski definition) is 1. The quantitative estimate of drug-likeness (QED) is 0.159. The minimum absolute atomic E-state index is 0.0661. The van der Waals surface area contributed by atoms with Crippen molar-refractivity contribution in [3.05, 3.63) is 223 Å². The summed E-state index contributed by atoms with van der Waals surface area (Å²) in [4.78, 5) is 2.38. The summed E-state index contributed by atoms with van der Waals surface area (Å²) in [6.07, 6.45) is 9.90. The van der Waals surface area contributed by atoms with E-state index in [-0.39, 0.29) is 5.41 Å². The first-order valence-corrected chi connectivity index (χ1v) is 19.8. The molecule has 0 aliphatic heterocycles. The first-order chi connectivity index (χ1) is 27.5. The molecule has 2 aliphatic carbocycles. The lowest BCUT2D eigenvalue weighted by atomic mass is 9.80. The lowest BCUT2D eigenvalue weighted by molar-refractivity contribution is 0.661. The van der Waals surface area contributed by atoms with Gasteiger partial charge in [-0.15, -0.1) is 0 Å². The molecular weight excluding hydrogens is 675 g/mol. The summed E-state index contributed by atoms with van der Waals surface area (Å²) >= 11 is 0. The van der Waals surface area contributed by atoms with Crippen molar-refractivity contribution in [2.45, 2.75) is 31.6 Å². The normalized spacial score (nSPS) is 15.1. The van der Waals surface area contributed by atoms with Crippen LogP contribution in [0.15, 0.2) is 206 Å². The van der Waals surface area contributed by atoms with E-state index in [1.165, 1.54) is 72.0 Å². The summed E-state index contributed by atoms with van der Waals surface area (Å²) in [5, 5.41) is 2.58. The Balaban J connectivity index is 1.04. The van der Waals surface area contributed by atoms with Crippen LogP contribution in [0.5, 0.6) is 0 Å². The summed E-state index contributed by atoms with van der Waals surface area (Å²) in [6, 6.07) is 67.2. The molecule has 0 saturated carbocycles. The van der Waals surface area contributed by atoms with Gasteiger partial charge in [-0.25, -0.2) is 0 Å². The molecule has 268 valence electrons. The Kier molecular flexibility index (Phi) is 8.37. The highest BCUT2D eigenvalue weighted by Crippen LogP contribution is 2.54. The number of benzene rings is 8. The van der Waals surface area contributed by atoms with Gasteiger partial charge in [0.25, 0.3) is 0 Å². The van der Waals surface area contributed by atoms with E-state index < -0.39 is 0 Å². The van der Waals surface area contributed by atoms with Crippen molar-refractivity contribution in [1.29, 1.82) is 0 Å². The molecule has 56 heavy (non-hydrogen) atoms. The van der Waals surface area contributed by atoms with E-state index in [0.29, 0.717) is 5.92 Å². The maximum atomic E-state index is 2.42. The van der Waals surface area contributed by atoms with Gasteiger partial charge in [0.05, 0.1) is 0 Å². The van der Waals surface area contributed by atoms with Gasteiger partial charge >= 0.3 is 0 Å². The van der Waals surface area contributed by atoms with E-state index in [1.807, 2.05) is 0 Å². The number of allylic oxidation sites excluding steroid dienone is 4. The lowest BCUT2D eigenvalue weighted by Gasteiger charge is -2.27. The first kappa shape index (κ1) is 33.8. The molecule has 0 bridgehead atoms. The first-order valence-electron chi connectivity index (χ1n) is 19.8. The molecular formula is C55H43N. The topological polar surface area (TPSA) is 3.24 Å². The average Bonchev–Trinajstić information content (AvgIpc) is 3.49. The Morgan fingerprint density at radius 1 is 0.464 bits per heavy atom. The predicted molar refractivity (Wildman–Crippen MR) is 238 cm³/mol. The third-order valence-corrected chi connectivity index (χ3v) is 12.0. The molecule has 0 fully saturated rings. The minimum Gasteiger partial charge on any atom is -0.310 e. The van der Waals surface area contributed by atoms with Crippen molar-refractivity contribution in [2.75, 3.05) is 4.90 Å². The highest BCUT2D eigenvalue weighted by molar-refractivity contribution is 6.08. The molecule has 0 N–H and O–H groups in total. The van der Waals surface area contributed by atoms with E-state index in [1.54, 1.807) is 0 Å². The minimum atomic E-state index is -0.0661. The molecule has 8 aromatic rings. The van der Waals surface area contributed by atoms with Crippen LogP contribution >= 0.6 is 0 Å². The molecule has 8 aromatic carbocycles. The van der Waals surface area contributed by atoms with Crippen LogP contribution in [-0.4, -0.2) is 0 Å². The molecule has 0 saturated heterocycles. The highest BCUT2D eigenvalue weighted by atomic mass is 15.1. The van der Waals surface area contributed by atoms with E-state index in [4.69, 9.17) is 0 Å². The summed E-state index contributed by atoms with van der Waals surface area (Å²) in [6.45, 7) is 4.74. The van der Waals surface area contributed by atoms with E-state index in [2.05, 4.69) is 225 Å². The molecule has 0 spiro atoms. The summed E-state index contributed by atoms with van der Waals surface area (Å²) < 4.78 is 0. The molecule has 0 radical (unpaired) electrons. The second-order valence-electron chi connectivity index (χ2n) is 15.7. The van der Waals surface area contributed by atoms with Crippen LogP contribution in [-0.2, 0) is 5.41 Å². The Hall–Kier alpha value is -6.70. The van der Waals surface area contributed by atoms with Crippen LogP contribution in [0, 0.1) is 0 Å². The predicted octanol–water partition coefficient (Wildman–Crippen LogP) is 15.2. The summed E-state index contributed by atoms with van der Waals surface area (Å²) in [5.74, 6) is 0.412. The number of rotatable bonds is 7. The van der Waals surface area contributed by atoms with Gasteiger partial charge in [0.2, 0.25) is 0 Å². The van der Waals surface area contributed by atoms with Gasteiger partial charge in [-0.2, -0.15) is 0 Å². The molecule has 0 amide bonds. The number of hydrogen-bond donors (Lipinski definition) is 0. The molecule has 1 atom stereocenters. The fourth-order valence-corrected chi connectivity index (χ4v) is 9.04. The van der Waals surface area contributed by atoms with Crippen LogP contribution in [0.25, 0.3) is 55.3 Å². The number of anilines is 3. The summed E-state index contributed by atoms with van der Waals surface area (Å²) in [5.41, 5.74) is 17.6.